The lowest BCUT2D eigenvalue weighted by Crippen LogP contribution is -2.25. The second kappa shape index (κ2) is 14.6. The molecule has 0 saturated carbocycles. The molecular weight excluding hydrogens is 605 g/mol. The maximum absolute atomic E-state index is 14.9. The maximum atomic E-state index is 14.9. The largest absolute Gasteiger partial charge is 0.416 e. The Balaban J connectivity index is 1.67. The molecule has 6 aromatic rings. The van der Waals surface area contributed by atoms with Gasteiger partial charge in [0, 0.05) is 12.7 Å². The zero-order chi connectivity index (χ0) is 33.3. The lowest BCUT2D eigenvalue weighted by molar-refractivity contribution is -0.137. The summed E-state index contributed by atoms with van der Waals surface area (Å²) in [5.41, 5.74) is 4.93. The number of alkyl halides is 3. The molecule has 6 heteroatoms. The van der Waals surface area contributed by atoms with E-state index in [0.717, 1.165) is 22.3 Å². The minimum Gasteiger partial charge on any atom is -0.347 e. The van der Waals surface area contributed by atoms with Crippen molar-refractivity contribution in [3.05, 3.63) is 208 Å². The molecule has 6 rings (SSSR count). The standard InChI is InChI=1S/C42H31F3N2O/c43-42(44,45)34-27-37(35(32-19-9-3-10-20-32)25-30-15-5-1-6-16-30)39(29-47-41(48)40-23-13-14-24-46-40)38(28-34)36(33-21-11-4-12-22-33)26-31-17-7-2-8-18-31/h1-28H,29H2,(H,47,48)/b35-25+,36-26+. The Morgan fingerprint density at radius 1 is 0.604 bits per heavy atom. The van der Waals surface area contributed by atoms with Crippen molar-refractivity contribution >= 4 is 29.2 Å². The molecule has 0 aliphatic carbocycles. The topological polar surface area (TPSA) is 42.0 Å². The fraction of sp³-hybridized carbons (Fsp3) is 0.0476. The molecule has 48 heavy (non-hydrogen) atoms. The highest BCUT2D eigenvalue weighted by atomic mass is 19.4. The van der Waals surface area contributed by atoms with Crippen molar-refractivity contribution in [3.63, 3.8) is 0 Å². The number of rotatable bonds is 9. The first-order valence-corrected chi connectivity index (χ1v) is 15.5. The molecule has 0 aliphatic heterocycles. The van der Waals surface area contributed by atoms with Crippen molar-refractivity contribution in [2.24, 2.45) is 0 Å². The van der Waals surface area contributed by atoms with Gasteiger partial charge in [-0.3, -0.25) is 9.78 Å². The summed E-state index contributed by atoms with van der Waals surface area (Å²) in [4.78, 5) is 17.5. The van der Waals surface area contributed by atoms with E-state index in [-0.39, 0.29) is 12.2 Å². The number of carbonyl (C=O) groups excluding carboxylic acids is 1. The highest BCUT2D eigenvalue weighted by Gasteiger charge is 2.33. The van der Waals surface area contributed by atoms with Gasteiger partial charge in [0.2, 0.25) is 0 Å². The molecule has 3 nitrogen and oxygen atoms in total. The molecule has 0 spiro atoms. The molecule has 1 amide bonds. The summed E-state index contributed by atoms with van der Waals surface area (Å²) in [5.74, 6) is -0.436. The number of nitrogens with zero attached hydrogens (tertiary/aromatic N) is 1. The van der Waals surface area contributed by atoms with Crippen LogP contribution < -0.4 is 5.32 Å². The molecule has 0 atom stereocenters. The second-order valence-corrected chi connectivity index (χ2v) is 11.1. The van der Waals surface area contributed by atoms with Gasteiger partial charge in [0.05, 0.1) is 5.56 Å². The summed E-state index contributed by atoms with van der Waals surface area (Å²) < 4.78 is 44.7. The number of hydrogen-bond acceptors (Lipinski definition) is 2. The van der Waals surface area contributed by atoms with Gasteiger partial charge in [-0.1, -0.05) is 127 Å². The highest BCUT2D eigenvalue weighted by Crippen LogP contribution is 2.41. The smallest absolute Gasteiger partial charge is 0.347 e. The van der Waals surface area contributed by atoms with Crippen molar-refractivity contribution in [3.8, 4) is 0 Å². The third kappa shape index (κ3) is 7.68. The maximum Gasteiger partial charge on any atom is 0.416 e. The summed E-state index contributed by atoms with van der Waals surface area (Å²) in [5, 5.41) is 2.96. The Kier molecular flexibility index (Phi) is 9.72. The number of pyridine rings is 1. The van der Waals surface area contributed by atoms with Gasteiger partial charge in [-0.25, -0.2) is 0 Å². The fourth-order valence-electron chi connectivity index (χ4n) is 5.56. The first kappa shape index (κ1) is 32.0. The van der Waals surface area contributed by atoms with Crippen LogP contribution in [0.2, 0.25) is 0 Å². The molecule has 0 bridgehead atoms. The summed E-state index contributed by atoms with van der Waals surface area (Å²) in [7, 11) is 0. The van der Waals surface area contributed by atoms with E-state index in [4.69, 9.17) is 0 Å². The molecule has 1 aromatic heterocycles. The van der Waals surface area contributed by atoms with Gasteiger partial charge in [-0.15, -0.1) is 0 Å². The van der Waals surface area contributed by atoms with Crippen molar-refractivity contribution in [2.75, 3.05) is 0 Å². The molecule has 0 saturated heterocycles. The Morgan fingerprint density at radius 2 is 1.04 bits per heavy atom. The van der Waals surface area contributed by atoms with E-state index in [1.54, 1.807) is 18.2 Å². The number of halogens is 3. The third-order valence-corrected chi connectivity index (χ3v) is 7.87. The third-order valence-electron chi connectivity index (χ3n) is 7.87. The predicted octanol–water partition coefficient (Wildman–Crippen LogP) is 10.2. The van der Waals surface area contributed by atoms with Crippen LogP contribution in [0.5, 0.6) is 0 Å². The predicted molar refractivity (Wildman–Crippen MR) is 187 cm³/mol. The number of amides is 1. The molecule has 0 aliphatic rings. The van der Waals surface area contributed by atoms with Crippen molar-refractivity contribution < 1.29 is 18.0 Å². The molecule has 1 heterocycles. The summed E-state index contributed by atoms with van der Waals surface area (Å²) in [6.45, 7) is -0.0594. The average Bonchev–Trinajstić information content (AvgIpc) is 3.13. The van der Waals surface area contributed by atoms with Gasteiger partial charge in [0.1, 0.15) is 5.69 Å². The van der Waals surface area contributed by atoms with Crippen LogP contribution in [0.3, 0.4) is 0 Å². The van der Waals surface area contributed by atoms with Crippen LogP contribution in [0, 0.1) is 0 Å². The number of hydrogen-bond donors (Lipinski definition) is 1. The lowest BCUT2D eigenvalue weighted by Gasteiger charge is -2.23. The van der Waals surface area contributed by atoms with Crippen LogP contribution in [-0.2, 0) is 12.7 Å². The van der Waals surface area contributed by atoms with E-state index in [2.05, 4.69) is 10.3 Å². The van der Waals surface area contributed by atoms with E-state index in [9.17, 15) is 18.0 Å². The summed E-state index contributed by atoms with van der Waals surface area (Å²) in [6, 6.07) is 45.0. The van der Waals surface area contributed by atoms with Crippen LogP contribution in [0.15, 0.2) is 158 Å². The average molecular weight is 637 g/mol. The minimum absolute atomic E-state index is 0.0594. The normalized spacial score (nSPS) is 12.1. The molecule has 0 radical (unpaired) electrons. The number of aromatic nitrogens is 1. The number of carbonyl (C=O) groups is 1. The van der Waals surface area contributed by atoms with E-state index >= 15 is 0 Å². The summed E-state index contributed by atoms with van der Waals surface area (Å²) >= 11 is 0. The quantitative estimate of drug-likeness (QED) is 0.161. The Hall–Kier alpha value is -6.01. The van der Waals surface area contributed by atoms with Gasteiger partial charge in [-0.2, -0.15) is 13.2 Å². The Morgan fingerprint density at radius 3 is 1.46 bits per heavy atom. The van der Waals surface area contributed by atoms with Gasteiger partial charge < -0.3 is 5.32 Å². The molecule has 1 N–H and O–H groups in total. The monoisotopic (exact) mass is 636 g/mol. The Bertz CT molecular complexity index is 1930. The molecule has 0 unspecified atom stereocenters. The zero-order valence-electron chi connectivity index (χ0n) is 25.9. The van der Waals surface area contributed by atoms with Crippen molar-refractivity contribution in [1.82, 2.24) is 10.3 Å². The van der Waals surface area contributed by atoms with Crippen LogP contribution in [0.1, 0.15) is 55.0 Å². The number of benzene rings is 5. The Labute approximate surface area is 277 Å². The lowest BCUT2D eigenvalue weighted by atomic mass is 9.83. The first-order chi connectivity index (χ1) is 23.4. The minimum atomic E-state index is -4.65. The van der Waals surface area contributed by atoms with Crippen LogP contribution >= 0.6 is 0 Å². The van der Waals surface area contributed by atoms with Gasteiger partial charge >= 0.3 is 6.18 Å². The SMILES string of the molecule is O=C(NCc1c(/C(=C/c2ccccc2)c2ccccc2)cc(C(F)(F)F)cc1/C(=C/c1ccccc1)c1ccccc1)c1ccccn1. The molecule has 5 aromatic carbocycles. The van der Waals surface area contributed by atoms with E-state index in [1.807, 2.05) is 133 Å². The van der Waals surface area contributed by atoms with E-state index < -0.39 is 17.6 Å². The van der Waals surface area contributed by atoms with Gasteiger partial charge in [0.25, 0.3) is 5.91 Å². The first-order valence-electron chi connectivity index (χ1n) is 15.5. The zero-order valence-corrected chi connectivity index (χ0v) is 25.9. The number of nitrogens with one attached hydrogen (secondary N) is 1. The van der Waals surface area contributed by atoms with E-state index in [0.29, 0.717) is 27.8 Å². The van der Waals surface area contributed by atoms with Crippen LogP contribution in [0.25, 0.3) is 23.3 Å². The molecule has 0 fully saturated rings. The molecular formula is C42H31F3N2O. The fourth-order valence-corrected chi connectivity index (χ4v) is 5.56. The van der Waals surface area contributed by atoms with Gasteiger partial charge in [0.15, 0.2) is 0 Å². The highest BCUT2D eigenvalue weighted by molar-refractivity contribution is 5.98. The summed E-state index contributed by atoms with van der Waals surface area (Å²) in [6.07, 6.45) is 0.655. The molecule has 236 valence electrons. The second-order valence-electron chi connectivity index (χ2n) is 11.1. The van der Waals surface area contributed by atoms with Crippen molar-refractivity contribution in [2.45, 2.75) is 12.7 Å². The van der Waals surface area contributed by atoms with E-state index in [1.165, 1.54) is 18.3 Å². The van der Waals surface area contributed by atoms with Crippen LogP contribution in [0.4, 0.5) is 13.2 Å². The van der Waals surface area contributed by atoms with Gasteiger partial charge in [-0.05, 0) is 86.5 Å². The van der Waals surface area contributed by atoms with Crippen LogP contribution in [-0.4, -0.2) is 10.9 Å². The van der Waals surface area contributed by atoms with Crippen molar-refractivity contribution in [1.29, 1.82) is 0 Å².